The number of unbranched alkanes of at least 4 members (excludes halogenated alkanes) is 1. The van der Waals surface area contributed by atoms with Gasteiger partial charge in [-0.15, -0.1) is 12.4 Å². The van der Waals surface area contributed by atoms with Crippen molar-refractivity contribution in [1.29, 1.82) is 0 Å². The summed E-state index contributed by atoms with van der Waals surface area (Å²) in [7, 11) is 0. The molecule has 22 heavy (non-hydrogen) atoms. The van der Waals surface area contributed by atoms with Crippen LogP contribution in [0.25, 0.3) is 0 Å². The average molecular weight is 325 g/mol. The van der Waals surface area contributed by atoms with E-state index in [-0.39, 0.29) is 17.8 Å². The summed E-state index contributed by atoms with van der Waals surface area (Å²) < 4.78 is 0. The smallest absolute Gasteiger partial charge is 0.222 e. The molecule has 2 rings (SSSR count). The molecule has 1 amide bonds. The first-order chi connectivity index (χ1) is 10.0. The molecular weight excluding hydrogens is 296 g/mol. The predicted molar refractivity (Wildman–Crippen MR) is 94.3 cm³/mol. The summed E-state index contributed by atoms with van der Waals surface area (Å²) in [4.78, 5) is 14.2. The van der Waals surface area contributed by atoms with Crippen LogP contribution in [-0.4, -0.2) is 30.4 Å². The van der Waals surface area contributed by atoms with Gasteiger partial charge in [-0.2, -0.15) is 0 Å². The Morgan fingerprint density at radius 2 is 1.95 bits per heavy atom. The Kier molecular flexibility index (Phi) is 7.37. The van der Waals surface area contributed by atoms with Gasteiger partial charge in [-0.1, -0.05) is 36.8 Å². The zero-order valence-electron chi connectivity index (χ0n) is 13.8. The van der Waals surface area contributed by atoms with Gasteiger partial charge in [0.25, 0.3) is 0 Å². The maximum Gasteiger partial charge on any atom is 0.222 e. The van der Waals surface area contributed by atoms with Crippen LogP contribution < -0.4 is 5.73 Å². The number of amides is 1. The van der Waals surface area contributed by atoms with Crippen molar-refractivity contribution in [3.63, 3.8) is 0 Å². The fourth-order valence-electron chi connectivity index (χ4n) is 2.92. The van der Waals surface area contributed by atoms with Gasteiger partial charge in [0.05, 0.1) is 0 Å². The molecule has 0 radical (unpaired) electrons. The van der Waals surface area contributed by atoms with Crippen LogP contribution in [0.1, 0.15) is 43.7 Å². The van der Waals surface area contributed by atoms with Gasteiger partial charge in [0.15, 0.2) is 0 Å². The minimum Gasteiger partial charge on any atom is -0.342 e. The summed E-state index contributed by atoms with van der Waals surface area (Å²) in [5.74, 6) is 0.302. The number of halogens is 1. The zero-order valence-corrected chi connectivity index (χ0v) is 14.6. The predicted octanol–water partition coefficient (Wildman–Crippen LogP) is 3.33. The molecule has 1 aliphatic heterocycles. The number of rotatable bonds is 6. The van der Waals surface area contributed by atoms with E-state index in [0.29, 0.717) is 18.9 Å². The number of aryl methyl sites for hydroxylation is 2. The van der Waals surface area contributed by atoms with Crippen LogP contribution in [0.4, 0.5) is 0 Å². The number of hydrogen-bond donors (Lipinski definition) is 1. The molecule has 1 aliphatic rings. The van der Waals surface area contributed by atoms with E-state index in [1.165, 1.54) is 11.1 Å². The van der Waals surface area contributed by atoms with Crippen molar-refractivity contribution in [2.45, 2.75) is 46.0 Å². The second-order valence-electron chi connectivity index (χ2n) is 6.77. The molecule has 3 nitrogen and oxygen atoms in total. The normalized spacial score (nSPS) is 20.8. The Morgan fingerprint density at radius 1 is 1.27 bits per heavy atom. The molecule has 1 saturated heterocycles. The highest BCUT2D eigenvalue weighted by molar-refractivity contribution is 5.85. The Morgan fingerprint density at radius 3 is 2.55 bits per heavy atom. The minimum atomic E-state index is 0. The second kappa shape index (κ2) is 8.54. The van der Waals surface area contributed by atoms with Crippen molar-refractivity contribution in [2.24, 2.45) is 11.1 Å². The first kappa shape index (κ1) is 19.0. The number of nitrogens with two attached hydrogens (primary N) is 1. The van der Waals surface area contributed by atoms with E-state index in [9.17, 15) is 4.79 Å². The Hall–Kier alpha value is -1.06. The van der Waals surface area contributed by atoms with E-state index in [0.717, 1.165) is 38.8 Å². The fraction of sp³-hybridized carbons (Fsp3) is 0.611. The van der Waals surface area contributed by atoms with Gasteiger partial charge in [0.2, 0.25) is 5.91 Å². The van der Waals surface area contributed by atoms with Crippen molar-refractivity contribution in [1.82, 2.24) is 4.90 Å². The van der Waals surface area contributed by atoms with Crippen LogP contribution >= 0.6 is 12.4 Å². The van der Waals surface area contributed by atoms with Crippen LogP contribution in [-0.2, 0) is 11.2 Å². The lowest BCUT2D eigenvalue weighted by molar-refractivity contribution is -0.130. The summed E-state index contributed by atoms with van der Waals surface area (Å²) in [6.07, 6.45) is 4.83. The second-order valence-corrected chi connectivity index (χ2v) is 6.77. The van der Waals surface area contributed by atoms with Crippen molar-refractivity contribution in [3.05, 3.63) is 35.4 Å². The topological polar surface area (TPSA) is 46.3 Å². The largest absolute Gasteiger partial charge is 0.342 e. The van der Waals surface area contributed by atoms with Crippen LogP contribution in [0.3, 0.4) is 0 Å². The molecule has 1 fully saturated rings. The third-order valence-corrected chi connectivity index (χ3v) is 4.63. The standard InChI is InChI=1S/C18H28N2O.ClH/c1-15-7-9-16(10-8-15)5-3-4-6-17(21)20-12-11-18(2,13-19)14-20;/h7-10H,3-6,11-14,19H2,1-2H3;1H. The van der Waals surface area contributed by atoms with Gasteiger partial charge >= 0.3 is 0 Å². The van der Waals surface area contributed by atoms with Crippen LogP contribution in [0, 0.1) is 12.3 Å². The summed E-state index contributed by atoms with van der Waals surface area (Å²) in [6, 6.07) is 8.67. The average Bonchev–Trinajstić information content (AvgIpc) is 2.89. The van der Waals surface area contributed by atoms with Crippen molar-refractivity contribution >= 4 is 18.3 Å². The highest BCUT2D eigenvalue weighted by Gasteiger charge is 2.34. The van der Waals surface area contributed by atoms with E-state index in [1.54, 1.807) is 0 Å². The van der Waals surface area contributed by atoms with Gasteiger partial charge in [0.1, 0.15) is 0 Å². The summed E-state index contributed by atoms with van der Waals surface area (Å²) >= 11 is 0. The number of carbonyl (C=O) groups excluding carboxylic acids is 1. The third kappa shape index (κ3) is 5.29. The number of nitrogens with zero attached hydrogens (tertiary/aromatic N) is 1. The molecule has 0 aliphatic carbocycles. The number of hydrogen-bond acceptors (Lipinski definition) is 2. The molecule has 0 saturated carbocycles. The van der Waals surface area contributed by atoms with Crippen LogP contribution in [0.15, 0.2) is 24.3 Å². The van der Waals surface area contributed by atoms with Crippen LogP contribution in [0.2, 0.25) is 0 Å². The number of carbonyl (C=O) groups is 1. The van der Waals surface area contributed by atoms with Gasteiger partial charge in [-0.3, -0.25) is 4.79 Å². The lowest BCUT2D eigenvalue weighted by Gasteiger charge is -2.22. The van der Waals surface area contributed by atoms with E-state index in [1.807, 2.05) is 4.90 Å². The molecule has 0 aromatic heterocycles. The van der Waals surface area contributed by atoms with Crippen molar-refractivity contribution in [3.8, 4) is 0 Å². The maximum atomic E-state index is 12.2. The fourth-order valence-corrected chi connectivity index (χ4v) is 2.92. The Bertz CT molecular complexity index is 474. The first-order valence-corrected chi connectivity index (χ1v) is 8.06. The molecule has 1 heterocycles. The molecule has 1 aromatic rings. The van der Waals surface area contributed by atoms with Gasteiger partial charge in [0, 0.05) is 19.5 Å². The lowest BCUT2D eigenvalue weighted by atomic mass is 9.90. The number of likely N-dealkylation sites (tertiary alicyclic amines) is 1. The monoisotopic (exact) mass is 324 g/mol. The summed E-state index contributed by atoms with van der Waals surface area (Å²) in [5.41, 5.74) is 8.59. The summed E-state index contributed by atoms with van der Waals surface area (Å²) in [5, 5.41) is 0. The van der Waals surface area contributed by atoms with E-state index in [2.05, 4.69) is 38.1 Å². The molecule has 1 atom stereocenters. The highest BCUT2D eigenvalue weighted by Crippen LogP contribution is 2.29. The molecular formula is C18H29ClN2O. The molecule has 1 unspecified atom stereocenters. The molecule has 1 aromatic carbocycles. The highest BCUT2D eigenvalue weighted by atomic mass is 35.5. The Labute approximate surface area is 140 Å². The maximum absolute atomic E-state index is 12.2. The van der Waals surface area contributed by atoms with E-state index < -0.39 is 0 Å². The molecule has 2 N–H and O–H groups in total. The molecule has 124 valence electrons. The van der Waals surface area contributed by atoms with Crippen LogP contribution in [0.5, 0.6) is 0 Å². The zero-order chi connectivity index (χ0) is 15.3. The molecule has 0 spiro atoms. The quantitative estimate of drug-likeness (QED) is 0.816. The van der Waals surface area contributed by atoms with E-state index in [4.69, 9.17) is 5.73 Å². The molecule has 4 heteroatoms. The minimum absolute atomic E-state index is 0. The van der Waals surface area contributed by atoms with E-state index >= 15 is 0 Å². The molecule has 0 bridgehead atoms. The summed E-state index contributed by atoms with van der Waals surface area (Å²) in [6.45, 7) is 6.67. The Balaban J connectivity index is 0.00000242. The van der Waals surface area contributed by atoms with Crippen molar-refractivity contribution in [2.75, 3.05) is 19.6 Å². The first-order valence-electron chi connectivity index (χ1n) is 8.06. The van der Waals surface area contributed by atoms with Crippen molar-refractivity contribution < 1.29 is 4.79 Å². The lowest BCUT2D eigenvalue weighted by Crippen LogP contribution is -2.34. The SMILES string of the molecule is Cc1ccc(CCCCC(=O)N2CCC(C)(CN)C2)cc1.Cl. The third-order valence-electron chi connectivity index (χ3n) is 4.63. The van der Waals surface area contributed by atoms with Gasteiger partial charge < -0.3 is 10.6 Å². The van der Waals surface area contributed by atoms with Gasteiger partial charge in [-0.25, -0.2) is 0 Å². The number of benzene rings is 1. The van der Waals surface area contributed by atoms with Gasteiger partial charge in [-0.05, 0) is 50.1 Å².